The Kier molecular flexibility index (Phi) is 4.44. The Hall–Kier alpha value is -3.08. The molecule has 0 unspecified atom stereocenters. The Labute approximate surface area is 152 Å². The van der Waals surface area contributed by atoms with Gasteiger partial charge in [-0.1, -0.05) is 36.4 Å². The quantitative estimate of drug-likeness (QED) is 0.774. The van der Waals surface area contributed by atoms with Crippen molar-refractivity contribution in [3.63, 3.8) is 0 Å². The minimum absolute atomic E-state index is 0.0245. The zero-order valence-corrected chi connectivity index (χ0v) is 14.5. The maximum atomic E-state index is 13.0. The molecular formula is C21H21N3O2. The Balaban J connectivity index is 1.48. The SMILES string of the molecule is O=C(c1ccccc1)N1CCCN(C(=O)c2c[nH]c3ccccc23)CC1. The van der Waals surface area contributed by atoms with E-state index in [-0.39, 0.29) is 11.8 Å². The standard InChI is InChI=1S/C21H21N3O2/c25-20(16-7-2-1-3-8-16)23-11-6-12-24(14-13-23)21(26)18-15-22-19-10-5-4-9-17(18)19/h1-5,7-10,15,22H,6,11-14H2. The smallest absolute Gasteiger partial charge is 0.256 e. The molecule has 2 heterocycles. The Bertz CT molecular complexity index is 933. The summed E-state index contributed by atoms with van der Waals surface area (Å²) in [6, 6.07) is 17.1. The molecule has 5 heteroatoms. The molecule has 0 bridgehead atoms. The van der Waals surface area contributed by atoms with E-state index in [2.05, 4.69) is 4.98 Å². The van der Waals surface area contributed by atoms with Crippen LogP contribution in [-0.4, -0.2) is 52.8 Å². The van der Waals surface area contributed by atoms with E-state index in [0.29, 0.717) is 37.3 Å². The number of aromatic nitrogens is 1. The average Bonchev–Trinajstić information content (AvgIpc) is 2.97. The number of para-hydroxylation sites is 1. The molecule has 1 saturated heterocycles. The molecule has 2 aromatic carbocycles. The van der Waals surface area contributed by atoms with E-state index in [4.69, 9.17) is 0 Å². The highest BCUT2D eigenvalue weighted by Crippen LogP contribution is 2.20. The van der Waals surface area contributed by atoms with Crippen LogP contribution in [0.15, 0.2) is 60.8 Å². The summed E-state index contributed by atoms with van der Waals surface area (Å²) in [5.41, 5.74) is 2.36. The lowest BCUT2D eigenvalue weighted by atomic mass is 10.1. The second kappa shape index (κ2) is 7.04. The van der Waals surface area contributed by atoms with E-state index in [1.807, 2.05) is 64.4 Å². The van der Waals surface area contributed by atoms with E-state index >= 15 is 0 Å². The number of amides is 2. The van der Waals surface area contributed by atoms with E-state index in [1.165, 1.54) is 0 Å². The molecule has 1 fully saturated rings. The van der Waals surface area contributed by atoms with Gasteiger partial charge < -0.3 is 14.8 Å². The summed E-state index contributed by atoms with van der Waals surface area (Å²) in [5.74, 6) is 0.0588. The highest BCUT2D eigenvalue weighted by atomic mass is 16.2. The zero-order chi connectivity index (χ0) is 17.9. The molecule has 0 aliphatic carbocycles. The largest absolute Gasteiger partial charge is 0.360 e. The van der Waals surface area contributed by atoms with Gasteiger partial charge in [-0.3, -0.25) is 9.59 Å². The predicted octanol–water partition coefficient (Wildman–Crippen LogP) is 3.16. The monoisotopic (exact) mass is 347 g/mol. The van der Waals surface area contributed by atoms with E-state index < -0.39 is 0 Å². The summed E-state index contributed by atoms with van der Waals surface area (Å²) < 4.78 is 0. The molecular weight excluding hydrogens is 326 g/mol. The van der Waals surface area contributed by atoms with Crippen molar-refractivity contribution in [2.24, 2.45) is 0 Å². The lowest BCUT2D eigenvalue weighted by Crippen LogP contribution is -2.37. The van der Waals surface area contributed by atoms with Gasteiger partial charge in [-0.15, -0.1) is 0 Å². The van der Waals surface area contributed by atoms with Crippen molar-refractivity contribution in [3.8, 4) is 0 Å². The number of carbonyl (C=O) groups is 2. The normalized spacial score (nSPS) is 15.1. The Morgan fingerprint density at radius 3 is 2.19 bits per heavy atom. The average molecular weight is 347 g/mol. The minimum Gasteiger partial charge on any atom is -0.360 e. The number of aromatic amines is 1. The van der Waals surface area contributed by atoms with Crippen LogP contribution in [0.4, 0.5) is 0 Å². The van der Waals surface area contributed by atoms with E-state index in [9.17, 15) is 9.59 Å². The first kappa shape index (κ1) is 16.4. The molecule has 1 N–H and O–H groups in total. The third-order valence-electron chi connectivity index (χ3n) is 4.91. The summed E-state index contributed by atoms with van der Waals surface area (Å²) in [4.78, 5) is 32.5. The van der Waals surface area contributed by atoms with Gasteiger partial charge in [0.2, 0.25) is 0 Å². The lowest BCUT2D eigenvalue weighted by Gasteiger charge is -2.22. The van der Waals surface area contributed by atoms with Gasteiger partial charge in [0.05, 0.1) is 5.56 Å². The fraction of sp³-hybridized carbons (Fsp3) is 0.238. The summed E-state index contributed by atoms with van der Waals surface area (Å²) >= 11 is 0. The van der Waals surface area contributed by atoms with Crippen molar-refractivity contribution in [2.45, 2.75) is 6.42 Å². The molecule has 5 nitrogen and oxygen atoms in total. The van der Waals surface area contributed by atoms with Crippen molar-refractivity contribution in [1.29, 1.82) is 0 Å². The summed E-state index contributed by atoms with van der Waals surface area (Å²) in [6.45, 7) is 2.45. The first-order chi connectivity index (χ1) is 12.7. The molecule has 0 spiro atoms. The van der Waals surface area contributed by atoms with Gasteiger partial charge in [0.1, 0.15) is 0 Å². The predicted molar refractivity (Wildman–Crippen MR) is 101 cm³/mol. The van der Waals surface area contributed by atoms with Crippen LogP contribution in [0.1, 0.15) is 27.1 Å². The third-order valence-corrected chi connectivity index (χ3v) is 4.91. The topological polar surface area (TPSA) is 56.4 Å². The zero-order valence-electron chi connectivity index (χ0n) is 14.5. The van der Waals surface area contributed by atoms with Crippen LogP contribution in [-0.2, 0) is 0 Å². The molecule has 26 heavy (non-hydrogen) atoms. The Morgan fingerprint density at radius 1 is 0.769 bits per heavy atom. The number of H-pyrrole nitrogens is 1. The maximum Gasteiger partial charge on any atom is 0.256 e. The minimum atomic E-state index is 0.0245. The molecule has 0 saturated carbocycles. The highest BCUT2D eigenvalue weighted by Gasteiger charge is 2.24. The van der Waals surface area contributed by atoms with Crippen molar-refractivity contribution >= 4 is 22.7 Å². The van der Waals surface area contributed by atoms with Crippen molar-refractivity contribution in [1.82, 2.24) is 14.8 Å². The molecule has 1 aliphatic rings. The maximum absolute atomic E-state index is 13.0. The summed E-state index contributed by atoms with van der Waals surface area (Å²) in [5, 5.41) is 0.943. The number of carbonyl (C=O) groups excluding carboxylic acids is 2. The van der Waals surface area contributed by atoms with Gasteiger partial charge in [0.15, 0.2) is 0 Å². The first-order valence-corrected chi connectivity index (χ1v) is 8.94. The van der Waals surface area contributed by atoms with E-state index in [0.717, 1.165) is 17.3 Å². The van der Waals surface area contributed by atoms with Crippen molar-refractivity contribution in [2.75, 3.05) is 26.2 Å². The molecule has 132 valence electrons. The van der Waals surface area contributed by atoms with Gasteiger partial charge >= 0.3 is 0 Å². The fourth-order valence-corrected chi connectivity index (χ4v) is 3.51. The van der Waals surface area contributed by atoms with Gasteiger partial charge in [-0.25, -0.2) is 0 Å². The fourth-order valence-electron chi connectivity index (χ4n) is 3.51. The van der Waals surface area contributed by atoms with Gasteiger partial charge in [0, 0.05) is 48.8 Å². The lowest BCUT2D eigenvalue weighted by molar-refractivity contribution is 0.0719. The van der Waals surface area contributed by atoms with Crippen LogP contribution < -0.4 is 0 Å². The van der Waals surface area contributed by atoms with Crippen molar-refractivity contribution < 1.29 is 9.59 Å². The van der Waals surface area contributed by atoms with Crippen molar-refractivity contribution in [3.05, 3.63) is 71.9 Å². The van der Waals surface area contributed by atoms with Gasteiger partial charge in [-0.05, 0) is 24.6 Å². The third kappa shape index (κ3) is 3.08. The highest BCUT2D eigenvalue weighted by molar-refractivity contribution is 6.06. The van der Waals surface area contributed by atoms with Crippen LogP contribution in [0.25, 0.3) is 10.9 Å². The number of benzene rings is 2. The van der Waals surface area contributed by atoms with Crippen LogP contribution in [0.3, 0.4) is 0 Å². The second-order valence-electron chi connectivity index (χ2n) is 6.55. The molecule has 1 aliphatic heterocycles. The van der Waals surface area contributed by atoms with Crippen LogP contribution in [0.5, 0.6) is 0 Å². The Morgan fingerprint density at radius 2 is 1.42 bits per heavy atom. The number of nitrogens with one attached hydrogen (secondary N) is 1. The molecule has 2 amide bonds. The van der Waals surface area contributed by atoms with Crippen LogP contribution >= 0.6 is 0 Å². The second-order valence-corrected chi connectivity index (χ2v) is 6.55. The molecule has 4 rings (SSSR count). The number of hydrogen-bond donors (Lipinski definition) is 1. The van der Waals surface area contributed by atoms with Gasteiger partial charge in [0.25, 0.3) is 11.8 Å². The number of hydrogen-bond acceptors (Lipinski definition) is 2. The number of nitrogens with zero attached hydrogens (tertiary/aromatic N) is 2. The molecule has 3 aromatic rings. The number of rotatable bonds is 2. The number of fused-ring (bicyclic) bond motifs is 1. The van der Waals surface area contributed by atoms with E-state index in [1.54, 1.807) is 6.20 Å². The summed E-state index contributed by atoms with van der Waals surface area (Å²) in [6.07, 6.45) is 2.57. The molecule has 0 atom stereocenters. The first-order valence-electron chi connectivity index (χ1n) is 8.94. The van der Waals surface area contributed by atoms with Gasteiger partial charge in [-0.2, -0.15) is 0 Å². The van der Waals surface area contributed by atoms with Crippen LogP contribution in [0, 0.1) is 0 Å². The van der Waals surface area contributed by atoms with Crippen LogP contribution in [0.2, 0.25) is 0 Å². The molecule has 0 radical (unpaired) electrons. The molecule has 1 aromatic heterocycles. The summed E-state index contributed by atoms with van der Waals surface area (Å²) in [7, 11) is 0.